The van der Waals surface area contributed by atoms with Crippen molar-refractivity contribution in [1.82, 2.24) is 4.90 Å². The summed E-state index contributed by atoms with van der Waals surface area (Å²) in [6, 6.07) is 0. The molecule has 1 saturated heterocycles. The summed E-state index contributed by atoms with van der Waals surface area (Å²) in [6.07, 6.45) is 4.06. The number of hydrogen-bond acceptors (Lipinski definition) is 3. The molecule has 0 radical (unpaired) electrons. The molecule has 1 aliphatic heterocycles. The molecule has 1 aliphatic carbocycles. The summed E-state index contributed by atoms with van der Waals surface area (Å²) in [5, 5.41) is 0. The second kappa shape index (κ2) is 8.47. The molecule has 0 bridgehead atoms. The highest BCUT2D eigenvalue weighted by Crippen LogP contribution is 2.27. The molecule has 4 nitrogen and oxygen atoms in total. The SMILES string of the molecule is COC1CCCC1CN=C(N)N1CCSCC1.I. The molecule has 1 heterocycles. The lowest BCUT2D eigenvalue weighted by molar-refractivity contribution is 0.0742. The van der Waals surface area contributed by atoms with E-state index in [4.69, 9.17) is 10.5 Å². The average molecular weight is 385 g/mol. The highest BCUT2D eigenvalue weighted by atomic mass is 127. The molecule has 0 aromatic carbocycles. The minimum absolute atomic E-state index is 0. The number of hydrogen-bond donors (Lipinski definition) is 1. The molecule has 0 amide bonds. The summed E-state index contributed by atoms with van der Waals surface area (Å²) in [5.41, 5.74) is 6.04. The van der Waals surface area contributed by atoms with Gasteiger partial charge in [-0.05, 0) is 12.8 Å². The first-order valence-corrected chi connectivity index (χ1v) is 7.62. The molecule has 2 N–H and O–H groups in total. The zero-order chi connectivity index (χ0) is 12.1. The van der Waals surface area contributed by atoms with Crippen molar-refractivity contribution in [2.45, 2.75) is 25.4 Å². The summed E-state index contributed by atoms with van der Waals surface area (Å²) < 4.78 is 5.47. The first kappa shape index (κ1) is 16.4. The number of ether oxygens (including phenoxy) is 1. The van der Waals surface area contributed by atoms with Crippen LogP contribution >= 0.6 is 35.7 Å². The van der Waals surface area contributed by atoms with Gasteiger partial charge >= 0.3 is 0 Å². The van der Waals surface area contributed by atoms with Crippen LogP contribution in [0.2, 0.25) is 0 Å². The third kappa shape index (κ3) is 4.45. The Kier molecular flexibility index (Phi) is 7.70. The number of guanidine groups is 1. The molecular weight excluding hydrogens is 361 g/mol. The topological polar surface area (TPSA) is 50.9 Å². The van der Waals surface area contributed by atoms with Gasteiger partial charge in [0.05, 0.1) is 6.10 Å². The van der Waals surface area contributed by atoms with E-state index in [0.29, 0.717) is 12.0 Å². The third-order valence-electron chi connectivity index (χ3n) is 3.71. The van der Waals surface area contributed by atoms with E-state index in [9.17, 15) is 0 Å². The van der Waals surface area contributed by atoms with Crippen molar-refractivity contribution in [3.63, 3.8) is 0 Å². The standard InChI is InChI=1S/C12H23N3OS.HI/c1-16-11-4-2-3-10(11)9-14-12(13)15-5-7-17-8-6-15;/h10-11H,2-9H2,1H3,(H2,13,14);1H. The minimum atomic E-state index is 0. The fourth-order valence-corrected chi connectivity index (χ4v) is 3.53. The molecule has 0 aromatic rings. The van der Waals surface area contributed by atoms with E-state index in [-0.39, 0.29) is 24.0 Å². The van der Waals surface area contributed by atoms with Gasteiger partial charge in [0.25, 0.3) is 0 Å². The van der Waals surface area contributed by atoms with Crippen LogP contribution in [0.5, 0.6) is 0 Å². The number of nitrogens with zero attached hydrogens (tertiary/aromatic N) is 2. The van der Waals surface area contributed by atoms with Gasteiger partial charge in [-0.15, -0.1) is 24.0 Å². The maximum atomic E-state index is 6.04. The Morgan fingerprint density at radius 3 is 2.78 bits per heavy atom. The largest absolute Gasteiger partial charge is 0.381 e. The molecular formula is C12H24IN3OS. The van der Waals surface area contributed by atoms with Crippen molar-refractivity contribution >= 4 is 41.7 Å². The predicted octanol–water partition coefficient (Wildman–Crippen LogP) is 1.78. The average Bonchev–Trinajstić information content (AvgIpc) is 2.84. The fourth-order valence-electron chi connectivity index (χ4n) is 2.63. The van der Waals surface area contributed by atoms with Crippen molar-refractivity contribution in [2.75, 3.05) is 38.2 Å². The Balaban J connectivity index is 0.00000162. The van der Waals surface area contributed by atoms with Crippen LogP contribution in [0.15, 0.2) is 4.99 Å². The maximum absolute atomic E-state index is 6.04. The lowest BCUT2D eigenvalue weighted by Gasteiger charge is -2.27. The van der Waals surface area contributed by atoms with E-state index in [0.717, 1.165) is 25.6 Å². The van der Waals surface area contributed by atoms with Gasteiger partial charge in [-0.25, -0.2) is 0 Å². The Morgan fingerprint density at radius 2 is 2.11 bits per heavy atom. The van der Waals surface area contributed by atoms with Crippen LogP contribution in [0, 0.1) is 5.92 Å². The first-order valence-electron chi connectivity index (χ1n) is 6.46. The van der Waals surface area contributed by atoms with E-state index < -0.39 is 0 Å². The molecule has 2 atom stereocenters. The summed E-state index contributed by atoms with van der Waals surface area (Å²) in [7, 11) is 1.80. The van der Waals surface area contributed by atoms with Gasteiger partial charge in [0, 0.05) is 44.2 Å². The number of thioether (sulfide) groups is 1. The molecule has 2 unspecified atom stereocenters. The molecule has 1 saturated carbocycles. The van der Waals surface area contributed by atoms with E-state index in [2.05, 4.69) is 9.89 Å². The van der Waals surface area contributed by atoms with Crippen LogP contribution in [-0.2, 0) is 4.74 Å². The molecule has 106 valence electrons. The van der Waals surface area contributed by atoms with Crippen LogP contribution in [0.4, 0.5) is 0 Å². The van der Waals surface area contributed by atoms with Crippen LogP contribution in [0.3, 0.4) is 0 Å². The molecule has 2 rings (SSSR count). The van der Waals surface area contributed by atoms with Gasteiger partial charge in [-0.1, -0.05) is 6.42 Å². The van der Waals surface area contributed by atoms with Crippen molar-refractivity contribution in [3.8, 4) is 0 Å². The smallest absolute Gasteiger partial charge is 0.191 e. The molecule has 0 aromatic heterocycles. The van der Waals surface area contributed by atoms with Crippen LogP contribution < -0.4 is 5.73 Å². The van der Waals surface area contributed by atoms with E-state index in [1.165, 1.54) is 30.8 Å². The molecule has 2 aliphatic rings. The summed E-state index contributed by atoms with van der Waals surface area (Å²) >= 11 is 1.99. The summed E-state index contributed by atoms with van der Waals surface area (Å²) in [5.74, 6) is 3.63. The maximum Gasteiger partial charge on any atom is 0.191 e. The van der Waals surface area contributed by atoms with Gasteiger partial charge in [-0.3, -0.25) is 4.99 Å². The zero-order valence-corrected chi connectivity index (χ0v) is 14.2. The van der Waals surface area contributed by atoms with Crippen LogP contribution in [-0.4, -0.2) is 55.2 Å². The predicted molar refractivity (Wildman–Crippen MR) is 88.9 cm³/mol. The van der Waals surface area contributed by atoms with E-state index >= 15 is 0 Å². The van der Waals surface area contributed by atoms with Crippen LogP contribution in [0.1, 0.15) is 19.3 Å². The number of halogens is 1. The molecule has 18 heavy (non-hydrogen) atoms. The molecule has 6 heteroatoms. The zero-order valence-electron chi connectivity index (χ0n) is 11.0. The third-order valence-corrected chi connectivity index (χ3v) is 4.66. The molecule has 2 fully saturated rings. The summed E-state index contributed by atoms with van der Waals surface area (Å²) in [6.45, 7) is 2.91. The fraction of sp³-hybridized carbons (Fsp3) is 0.917. The van der Waals surface area contributed by atoms with Gasteiger partial charge < -0.3 is 15.4 Å². The number of aliphatic imine (C=N–C) groups is 1. The second-order valence-electron chi connectivity index (χ2n) is 4.76. The molecule has 0 spiro atoms. The van der Waals surface area contributed by atoms with E-state index in [1.54, 1.807) is 7.11 Å². The van der Waals surface area contributed by atoms with Crippen molar-refractivity contribution in [2.24, 2.45) is 16.6 Å². The van der Waals surface area contributed by atoms with Gasteiger partial charge in [0.1, 0.15) is 0 Å². The van der Waals surface area contributed by atoms with Crippen molar-refractivity contribution in [1.29, 1.82) is 0 Å². The Bertz CT molecular complexity index is 272. The Labute approximate surface area is 131 Å². The summed E-state index contributed by atoms with van der Waals surface area (Å²) in [4.78, 5) is 6.76. The highest BCUT2D eigenvalue weighted by Gasteiger charge is 2.26. The number of rotatable bonds is 3. The first-order chi connectivity index (χ1) is 8.31. The Morgan fingerprint density at radius 1 is 1.39 bits per heavy atom. The van der Waals surface area contributed by atoms with Crippen molar-refractivity contribution < 1.29 is 4.74 Å². The number of nitrogens with two attached hydrogens (primary N) is 1. The van der Waals surface area contributed by atoms with E-state index in [1.807, 2.05) is 11.8 Å². The number of methoxy groups -OCH3 is 1. The highest BCUT2D eigenvalue weighted by molar-refractivity contribution is 14.0. The van der Waals surface area contributed by atoms with Crippen molar-refractivity contribution in [3.05, 3.63) is 0 Å². The Hall–Kier alpha value is 0.310. The second-order valence-corrected chi connectivity index (χ2v) is 5.99. The monoisotopic (exact) mass is 385 g/mol. The van der Waals surface area contributed by atoms with Gasteiger partial charge in [-0.2, -0.15) is 11.8 Å². The van der Waals surface area contributed by atoms with Crippen LogP contribution in [0.25, 0.3) is 0 Å². The lowest BCUT2D eigenvalue weighted by atomic mass is 10.1. The normalized spacial score (nSPS) is 29.2. The van der Waals surface area contributed by atoms with Gasteiger partial charge in [0.2, 0.25) is 0 Å². The quantitative estimate of drug-likeness (QED) is 0.457. The van der Waals surface area contributed by atoms with Gasteiger partial charge in [0.15, 0.2) is 5.96 Å². The minimum Gasteiger partial charge on any atom is -0.381 e. The lowest BCUT2D eigenvalue weighted by Crippen LogP contribution is -2.43.